The number of nitrogens with zero attached hydrogens (tertiary/aromatic N) is 4. The SMILES string of the molecule is COc1ccc(CCN(C)C(=O)c2cc3n(n2)CCN(CC2CC2)C3=O)cc1OC. The monoisotopic (exact) mass is 412 g/mol. The van der Waals surface area contributed by atoms with Gasteiger partial charge in [0.05, 0.1) is 20.8 Å². The highest BCUT2D eigenvalue weighted by Gasteiger charge is 2.32. The maximum absolute atomic E-state index is 12.9. The largest absolute Gasteiger partial charge is 0.493 e. The van der Waals surface area contributed by atoms with Crippen molar-refractivity contribution in [3.8, 4) is 11.5 Å². The summed E-state index contributed by atoms with van der Waals surface area (Å²) in [5.41, 5.74) is 1.88. The van der Waals surface area contributed by atoms with E-state index in [4.69, 9.17) is 9.47 Å². The lowest BCUT2D eigenvalue weighted by molar-refractivity contribution is 0.0687. The number of carbonyl (C=O) groups is 2. The Morgan fingerprint density at radius 2 is 1.93 bits per heavy atom. The topological polar surface area (TPSA) is 76.9 Å². The summed E-state index contributed by atoms with van der Waals surface area (Å²) in [5, 5.41) is 4.40. The number of ether oxygens (including phenoxy) is 2. The van der Waals surface area contributed by atoms with Crippen LogP contribution in [0.25, 0.3) is 0 Å². The number of hydrogen-bond donors (Lipinski definition) is 0. The summed E-state index contributed by atoms with van der Waals surface area (Å²) in [4.78, 5) is 29.1. The van der Waals surface area contributed by atoms with Crippen molar-refractivity contribution >= 4 is 11.8 Å². The lowest BCUT2D eigenvalue weighted by atomic mass is 10.1. The lowest BCUT2D eigenvalue weighted by Crippen LogP contribution is -2.41. The summed E-state index contributed by atoms with van der Waals surface area (Å²) in [6.45, 7) is 2.64. The fraction of sp³-hybridized carbons (Fsp3) is 0.500. The van der Waals surface area contributed by atoms with Crippen molar-refractivity contribution in [1.29, 1.82) is 0 Å². The Labute approximate surface area is 176 Å². The summed E-state index contributed by atoms with van der Waals surface area (Å²) in [6, 6.07) is 7.37. The van der Waals surface area contributed by atoms with Gasteiger partial charge in [0, 0.05) is 32.7 Å². The Morgan fingerprint density at radius 3 is 2.63 bits per heavy atom. The highest BCUT2D eigenvalue weighted by molar-refractivity contribution is 5.98. The molecule has 0 radical (unpaired) electrons. The molecule has 2 aliphatic rings. The van der Waals surface area contributed by atoms with Gasteiger partial charge in [-0.3, -0.25) is 14.3 Å². The summed E-state index contributed by atoms with van der Waals surface area (Å²) in [6.07, 6.45) is 3.08. The van der Waals surface area contributed by atoms with E-state index in [0.717, 1.165) is 12.1 Å². The summed E-state index contributed by atoms with van der Waals surface area (Å²) < 4.78 is 12.3. The van der Waals surface area contributed by atoms with E-state index in [2.05, 4.69) is 5.10 Å². The molecule has 1 aliphatic heterocycles. The van der Waals surface area contributed by atoms with E-state index >= 15 is 0 Å². The molecule has 4 rings (SSSR count). The van der Waals surface area contributed by atoms with Gasteiger partial charge in [-0.15, -0.1) is 0 Å². The maximum atomic E-state index is 12.9. The van der Waals surface area contributed by atoms with Crippen LogP contribution < -0.4 is 9.47 Å². The molecule has 1 aromatic heterocycles. The standard InChI is InChI=1S/C22H28N4O4/c1-24(9-8-15-6-7-19(29-2)20(12-15)30-3)21(27)17-13-18-22(28)25(14-16-4-5-16)10-11-26(18)23-17/h6-7,12-13,16H,4-5,8-11,14H2,1-3H3. The number of methoxy groups -OCH3 is 2. The van der Waals surface area contributed by atoms with Crippen molar-refractivity contribution < 1.29 is 19.1 Å². The minimum Gasteiger partial charge on any atom is -0.493 e. The third kappa shape index (κ3) is 4.13. The van der Waals surface area contributed by atoms with Gasteiger partial charge in [0.15, 0.2) is 17.2 Å². The van der Waals surface area contributed by atoms with Crippen LogP contribution in [-0.2, 0) is 13.0 Å². The molecular formula is C22H28N4O4. The zero-order valence-corrected chi connectivity index (χ0v) is 17.8. The molecule has 30 heavy (non-hydrogen) atoms. The summed E-state index contributed by atoms with van der Waals surface area (Å²) >= 11 is 0. The molecule has 2 heterocycles. The van der Waals surface area contributed by atoms with Crippen LogP contribution in [0.15, 0.2) is 24.3 Å². The van der Waals surface area contributed by atoms with Crippen LogP contribution in [0.4, 0.5) is 0 Å². The maximum Gasteiger partial charge on any atom is 0.274 e. The molecule has 8 nitrogen and oxygen atoms in total. The Hall–Kier alpha value is -3.03. The normalized spacial score (nSPS) is 15.7. The fourth-order valence-electron chi connectivity index (χ4n) is 3.76. The van der Waals surface area contributed by atoms with Gasteiger partial charge in [-0.05, 0) is 42.9 Å². The first-order valence-corrected chi connectivity index (χ1v) is 10.3. The smallest absolute Gasteiger partial charge is 0.274 e. The molecule has 1 fully saturated rings. The third-order valence-corrected chi connectivity index (χ3v) is 5.79. The number of aromatic nitrogens is 2. The van der Waals surface area contributed by atoms with E-state index in [1.165, 1.54) is 12.8 Å². The minimum atomic E-state index is -0.182. The first-order chi connectivity index (χ1) is 14.5. The highest BCUT2D eigenvalue weighted by Crippen LogP contribution is 2.31. The second-order valence-electron chi connectivity index (χ2n) is 8.00. The van der Waals surface area contributed by atoms with E-state index in [0.29, 0.717) is 54.9 Å². The Morgan fingerprint density at radius 1 is 1.17 bits per heavy atom. The van der Waals surface area contributed by atoms with Gasteiger partial charge < -0.3 is 19.3 Å². The van der Waals surface area contributed by atoms with Gasteiger partial charge in [-0.2, -0.15) is 5.10 Å². The number of amides is 2. The number of hydrogen-bond acceptors (Lipinski definition) is 5. The van der Waals surface area contributed by atoms with Crippen molar-refractivity contribution in [2.24, 2.45) is 5.92 Å². The molecule has 2 aromatic rings. The first kappa shape index (κ1) is 20.3. The molecule has 1 saturated carbocycles. The second-order valence-corrected chi connectivity index (χ2v) is 8.00. The zero-order chi connectivity index (χ0) is 21.3. The number of likely N-dealkylation sites (N-methyl/N-ethyl adjacent to an activating group) is 1. The predicted molar refractivity (Wildman–Crippen MR) is 111 cm³/mol. The average Bonchev–Trinajstić information content (AvgIpc) is 3.48. The quantitative estimate of drug-likeness (QED) is 0.664. The molecular weight excluding hydrogens is 384 g/mol. The van der Waals surface area contributed by atoms with E-state index in [1.54, 1.807) is 36.9 Å². The van der Waals surface area contributed by atoms with Gasteiger partial charge in [0.1, 0.15) is 5.69 Å². The Balaban J connectivity index is 1.39. The fourth-order valence-corrected chi connectivity index (χ4v) is 3.76. The summed E-state index contributed by atoms with van der Waals surface area (Å²) in [7, 11) is 4.96. The van der Waals surface area contributed by atoms with Gasteiger partial charge in [0.25, 0.3) is 11.8 Å². The Bertz CT molecular complexity index is 951. The van der Waals surface area contributed by atoms with Crippen LogP contribution in [0.1, 0.15) is 39.4 Å². The molecule has 0 N–H and O–H groups in total. The number of fused-ring (bicyclic) bond motifs is 1. The zero-order valence-electron chi connectivity index (χ0n) is 17.8. The van der Waals surface area contributed by atoms with Crippen LogP contribution >= 0.6 is 0 Å². The highest BCUT2D eigenvalue weighted by atomic mass is 16.5. The van der Waals surface area contributed by atoms with Crippen molar-refractivity contribution in [2.45, 2.75) is 25.8 Å². The van der Waals surface area contributed by atoms with Crippen molar-refractivity contribution in [3.05, 3.63) is 41.2 Å². The lowest BCUT2D eigenvalue weighted by Gasteiger charge is -2.27. The molecule has 0 atom stereocenters. The molecule has 160 valence electrons. The predicted octanol–water partition coefficient (Wildman–Crippen LogP) is 2.08. The van der Waals surface area contributed by atoms with Crippen LogP contribution in [0, 0.1) is 5.92 Å². The first-order valence-electron chi connectivity index (χ1n) is 10.3. The van der Waals surface area contributed by atoms with Crippen molar-refractivity contribution in [2.75, 3.05) is 40.9 Å². The molecule has 8 heteroatoms. The second kappa shape index (κ2) is 8.38. The molecule has 0 bridgehead atoms. The molecule has 1 aromatic carbocycles. The molecule has 0 saturated heterocycles. The summed E-state index contributed by atoms with van der Waals surface area (Å²) in [5.74, 6) is 1.79. The van der Waals surface area contributed by atoms with Crippen LogP contribution in [-0.4, -0.2) is 72.3 Å². The Kier molecular flexibility index (Phi) is 5.65. The van der Waals surface area contributed by atoms with E-state index in [9.17, 15) is 9.59 Å². The van der Waals surface area contributed by atoms with Gasteiger partial charge in [-0.1, -0.05) is 6.07 Å². The van der Waals surface area contributed by atoms with Gasteiger partial charge in [-0.25, -0.2) is 0 Å². The number of carbonyl (C=O) groups excluding carboxylic acids is 2. The van der Waals surface area contributed by atoms with Crippen molar-refractivity contribution in [1.82, 2.24) is 19.6 Å². The van der Waals surface area contributed by atoms with Gasteiger partial charge in [0.2, 0.25) is 0 Å². The van der Waals surface area contributed by atoms with E-state index in [-0.39, 0.29) is 11.8 Å². The molecule has 0 unspecified atom stereocenters. The van der Waals surface area contributed by atoms with Gasteiger partial charge >= 0.3 is 0 Å². The third-order valence-electron chi connectivity index (χ3n) is 5.79. The number of rotatable bonds is 8. The molecule has 0 spiro atoms. The van der Waals surface area contributed by atoms with Crippen LogP contribution in [0.5, 0.6) is 11.5 Å². The van der Waals surface area contributed by atoms with E-state index in [1.807, 2.05) is 23.1 Å². The minimum absolute atomic E-state index is 0.0207. The van der Waals surface area contributed by atoms with E-state index < -0.39 is 0 Å². The van der Waals surface area contributed by atoms with Crippen LogP contribution in [0.2, 0.25) is 0 Å². The van der Waals surface area contributed by atoms with Crippen LogP contribution in [0.3, 0.4) is 0 Å². The molecule has 1 aliphatic carbocycles. The molecule has 2 amide bonds. The average molecular weight is 412 g/mol. The van der Waals surface area contributed by atoms with Crippen molar-refractivity contribution in [3.63, 3.8) is 0 Å². The number of benzene rings is 1.